The molecule has 0 saturated heterocycles. The Kier molecular flexibility index (Phi) is 5.09. The molecular weight excluding hydrogens is 368 g/mol. The maximum Gasteiger partial charge on any atom is 0.175 e. The SMILES string of the molecule is COc1cc(-c2nc3ccccc3[nH]2)cc(Br)c1OCCC(C)C. The van der Waals surface area contributed by atoms with E-state index in [4.69, 9.17) is 9.47 Å². The molecule has 0 radical (unpaired) electrons. The van der Waals surface area contributed by atoms with E-state index in [1.54, 1.807) is 7.11 Å². The molecule has 1 heterocycles. The second-order valence-electron chi connectivity index (χ2n) is 6.12. The first kappa shape index (κ1) is 16.8. The summed E-state index contributed by atoms with van der Waals surface area (Å²) in [5.41, 5.74) is 2.91. The highest BCUT2D eigenvalue weighted by Crippen LogP contribution is 2.39. The number of nitrogens with one attached hydrogen (secondary N) is 1. The Bertz CT molecular complexity index is 809. The molecule has 0 fully saturated rings. The van der Waals surface area contributed by atoms with Crippen molar-refractivity contribution < 1.29 is 9.47 Å². The molecule has 5 heteroatoms. The zero-order valence-electron chi connectivity index (χ0n) is 14.1. The third-order valence-electron chi connectivity index (χ3n) is 3.83. The monoisotopic (exact) mass is 388 g/mol. The van der Waals surface area contributed by atoms with Gasteiger partial charge in [-0.3, -0.25) is 0 Å². The third-order valence-corrected chi connectivity index (χ3v) is 4.42. The molecule has 2 aromatic carbocycles. The van der Waals surface area contributed by atoms with Crippen LogP contribution in [0.15, 0.2) is 40.9 Å². The zero-order valence-corrected chi connectivity index (χ0v) is 15.7. The van der Waals surface area contributed by atoms with Gasteiger partial charge < -0.3 is 14.5 Å². The van der Waals surface area contributed by atoms with Gasteiger partial charge in [0.1, 0.15) is 5.82 Å². The van der Waals surface area contributed by atoms with Crippen LogP contribution in [-0.2, 0) is 0 Å². The summed E-state index contributed by atoms with van der Waals surface area (Å²) in [6, 6.07) is 11.9. The summed E-state index contributed by atoms with van der Waals surface area (Å²) in [6.07, 6.45) is 1.00. The average Bonchev–Trinajstić information content (AvgIpc) is 2.99. The summed E-state index contributed by atoms with van der Waals surface area (Å²) < 4.78 is 12.3. The lowest BCUT2D eigenvalue weighted by atomic mass is 10.1. The predicted octanol–water partition coefficient (Wildman–Crippen LogP) is 5.43. The first-order valence-corrected chi connectivity index (χ1v) is 8.83. The minimum Gasteiger partial charge on any atom is -0.493 e. The molecule has 24 heavy (non-hydrogen) atoms. The van der Waals surface area contributed by atoms with Crippen LogP contribution in [-0.4, -0.2) is 23.7 Å². The smallest absolute Gasteiger partial charge is 0.175 e. The number of aromatic nitrogens is 2. The number of methoxy groups -OCH3 is 1. The minimum absolute atomic E-state index is 0.601. The molecule has 0 amide bonds. The fraction of sp³-hybridized carbons (Fsp3) is 0.316. The van der Waals surface area contributed by atoms with Gasteiger partial charge >= 0.3 is 0 Å². The summed E-state index contributed by atoms with van der Waals surface area (Å²) in [6.45, 7) is 5.03. The molecule has 0 atom stereocenters. The fourth-order valence-corrected chi connectivity index (χ4v) is 3.04. The highest BCUT2D eigenvalue weighted by atomic mass is 79.9. The Morgan fingerprint density at radius 2 is 2.00 bits per heavy atom. The maximum absolute atomic E-state index is 5.92. The van der Waals surface area contributed by atoms with E-state index in [9.17, 15) is 0 Å². The van der Waals surface area contributed by atoms with E-state index in [0.717, 1.165) is 39.1 Å². The van der Waals surface area contributed by atoms with E-state index >= 15 is 0 Å². The normalized spacial score (nSPS) is 11.2. The van der Waals surface area contributed by atoms with Gasteiger partial charge in [0.05, 0.1) is 29.2 Å². The number of H-pyrrole nitrogens is 1. The molecule has 0 aliphatic carbocycles. The number of aromatic amines is 1. The summed E-state index contributed by atoms with van der Waals surface area (Å²) in [5, 5.41) is 0. The van der Waals surface area contributed by atoms with Gasteiger partial charge in [-0.15, -0.1) is 0 Å². The van der Waals surface area contributed by atoms with Gasteiger partial charge in [-0.05, 0) is 52.5 Å². The standard InChI is InChI=1S/C19H21BrN2O2/c1-12(2)8-9-24-18-14(20)10-13(11-17(18)23-3)19-21-15-6-4-5-7-16(15)22-19/h4-7,10-12H,8-9H2,1-3H3,(H,21,22). The molecule has 0 saturated carbocycles. The molecule has 1 N–H and O–H groups in total. The van der Waals surface area contributed by atoms with Crippen molar-refractivity contribution in [1.29, 1.82) is 0 Å². The van der Waals surface area contributed by atoms with Gasteiger partial charge in [-0.2, -0.15) is 0 Å². The number of benzene rings is 2. The lowest BCUT2D eigenvalue weighted by Crippen LogP contribution is -2.03. The molecule has 3 aromatic rings. The van der Waals surface area contributed by atoms with E-state index < -0.39 is 0 Å². The quantitative estimate of drug-likeness (QED) is 0.612. The first-order valence-electron chi connectivity index (χ1n) is 8.04. The molecule has 0 spiro atoms. The van der Waals surface area contributed by atoms with E-state index in [2.05, 4.69) is 39.7 Å². The van der Waals surface area contributed by atoms with Crippen molar-refractivity contribution in [2.24, 2.45) is 5.92 Å². The number of fused-ring (bicyclic) bond motifs is 1. The van der Waals surface area contributed by atoms with Gasteiger partial charge in [0.2, 0.25) is 0 Å². The van der Waals surface area contributed by atoms with Crippen molar-refractivity contribution in [2.45, 2.75) is 20.3 Å². The van der Waals surface area contributed by atoms with Crippen LogP contribution in [0.1, 0.15) is 20.3 Å². The number of ether oxygens (including phenoxy) is 2. The van der Waals surface area contributed by atoms with Gasteiger partial charge in [-0.1, -0.05) is 26.0 Å². The van der Waals surface area contributed by atoms with E-state index in [-0.39, 0.29) is 0 Å². The highest BCUT2D eigenvalue weighted by molar-refractivity contribution is 9.10. The Balaban J connectivity index is 1.93. The molecule has 0 aliphatic heterocycles. The highest BCUT2D eigenvalue weighted by Gasteiger charge is 2.15. The molecule has 3 rings (SSSR count). The number of rotatable bonds is 6. The number of hydrogen-bond acceptors (Lipinski definition) is 3. The molecule has 126 valence electrons. The number of hydrogen-bond donors (Lipinski definition) is 1. The molecule has 1 aromatic heterocycles. The van der Waals surface area contributed by atoms with Crippen molar-refractivity contribution in [2.75, 3.05) is 13.7 Å². The van der Waals surface area contributed by atoms with Crippen molar-refractivity contribution in [1.82, 2.24) is 9.97 Å². The van der Waals surface area contributed by atoms with Crippen molar-refractivity contribution in [3.8, 4) is 22.9 Å². The van der Waals surface area contributed by atoms with Crippen molar-refractivity contribution in [3.63, 3.8) is 0 Å². The van der Waals surface area contributed by atoms with Gasteiger partial charge in [0.15, 0.2) is 11.5 Å². The van der Waals surface area contributed by atoms with Crippen molar-refractivity contribution in [3.05, 3.63) is 40.9 Å². The zero-order chi connectivity index (χ0) is 17.1. The van der Waals surface area contributed by atoms with E-state index in [0.29, 0.717) is 18.3 Å². The second-order valence-corrected chi connectivity index (χ2v) is 6.98. The van der Waals surface area contributed by atoms with Gasteiger partial charge in [0.25, 0.3) is 0 Å². The lowest BCUT2D eigenvalue weighted by Gasteiger charge is -2.14. The average molecular weight is 389 g/mol. The van der Waals surface area contributed by atoms with Crippen LogP contribution in [0, 0.1) is 5.92 Å². The second kappa shape index (κ2) is 7.26. The third kappa shape index (κ3) is 3.56. The summed E-state index contributed by atoms with van der Waals surface area (Å²) in [5.74, 6) is 2.84. The predicted molar refractivity (Wildman–Crippen MR) is 101 cm³/mol. The molecular formula is C19H21BrN2O2. The van der Waals surface area contributed by atoms with Crippen LogP contribution < -0.4 is 9.47 Å². The Hall–Kier alpha value is -2.01. The molecule has 0 bridgehead atoms. The number of para-hydroxylation sites is 2. The van der Waals surface area contributed by atoms with Crippen LogP contribution >= 0.6 is 15.9 Å². The van der Waals surface area contributed by atoms with Crippen LogP contribution in [0.5, 0.6) is 11.5 Å². The largest absolute Gasteiger partial charge is 0.493 e. The van der Waals surface area contributed by atoms with Crippen LogP contribution in [0.25, 0.3) is 22.4 Å². The molecule has 0 unspecified atom stereocenters. The van der Waals surface area contributed by atoms with Crippen LogP contribution in [0.2, 0.25) is 0 Å². The summed E-state index contributed by atoms with van der Waals surface area (Å²) in [4.78, 5) is 7.98. The Morgan fingerprint density at radius 3 is 2.71 bits per heavy atom. The lowest BCUT2D eigenvalue weighted by molar-refractivity contribution is 0.271. The summed E-state index contributed by atoms with van der Waals surface area (Å²) >= 11 is 3.60. The van der Waals surface area contributed by atoms with E-state index in [1.165, 1.54) is 0 Å². The Morgan fingerprint density at radius 1 is 1.21 bits per heavy atom. The van der Waals surface area contributed by atoms with E-state index in [1.807, 2.05) is 36.4 Å². The fourth-order valence-electron chi connectivity index (χ4n) is 2.48. The minimum atomic E-state index is 0.601. The first-order chi connectivity index (χ1) is 11.6. The Labute approximate surface area is 150 Å². The number of nitrogens with zero attached hydrogens (tertiary/aromatic N) is 1. The summed E-state index contributed by atoms with van der Waals surface area (Å²) in [7, 11) is 1.65. The topological polar surface area (TPSA) is 47.1 Å². The van der Waals surface area contributed by atoms with Gasteiger partial charge in [0, 0.05) is 5.56 Å². The number of halogens is 1. The van der Waals surface area contributed by atoms with Crippen LogP contribution in [0.4, 0.5) is 0 Å². The maximum atomic E-state index is 5.92. The molecule has 4 nitrogen and oxygen atoms in total. The van der Waals surface area contributed by atoms with Crippen LogP contribution in [0.3, 0.4) is 0 Å². The van der Waals surface area contributed by atoms with Gasteiger partial charge in [-0.25, -0.2) is 4.98 Å². The molecule has 0 aliphatic rings. The van der Waals surface area contributed by atoms with Crippen molar-refractivity contribution >= 4 is 27.0 Å². The number of imidazole rings is 1.